The highest BCUT2D eigenvalue weighted by molar-refractivity contribution is 6.14. The lowest BCUT2D eigenvalue weighted by molar-refractivity contribution is 0.507. The number of fused-ring (bicyclic) bond motifs is 14. The maximum atomic E-state index is 5.27. The number of hydrogen-bond acceptors (Lipinski definition) is 2. The predicted octanol–water partition coefficient (Wildman–Crippen LogP) is 14.7. The van der Waals surface area contributed by atoms with Gasteiger partial charge in [-0.2, -0.15) is 0 Å². The summed E-state index contributed by atoms with van der Waals surface area (Å²) in [5, 5.41) is 7.41. The molecule has 0 saturated carbocycles. The van der Waals surface area contributed by atoms with Crippen molar-refractivity contribution in [2.24, 2.45) is 0 Å². The molecule has 0 N–H and O–H groups in total. The third-order valence-corrected chi connectivity index (χ3v) is 13.9. The van der Waals surface area contributed by atoms with E-state index in [4.69, 9.17) is 4.98 Å². The Hall–Kier alpha value is -8.35. The van der Waals surface area contributed by atoms with Gasteiger partial charge < -0.3 is 18.6 Å². The Morgan fingerprint density at radius 3 is 1.25 bits per heavy atom. The first kappa shape index (κ1) is 35.3. The Kier molecular flexibility index (Phi) is 7.08. The highest BCUT2D eigenvalue weighted by Gasteiger charge is 2.41. The lowest BCUT2D eigenvalue weighted by atomic mass is 9.88. The van der Waals surface area contributed by atoms with E-state index in [0.717, 1.165) is 56.5 Å². The van der Waals surface area contributed by atoms with Crippen molar-refractivity contribution in [1.29, 1.82) is 0 Å². The molecule has 0 bridgehead atoms. The third-order valence-electron chi connectivity index (χ3n) is 13.9. The molecule has 0 spiro atoms. The van der Waals surface area contributed by atoms with Gasteiger partial charge in [-0.1, -0.05) is 103 Å². The topological polar surface area (TPSA) is 35.9 Å². The summed E-state index contributed by atoms with van der Waals surface area (Å²) in [6.07, 6.45) is 0. The molecule has 14 rings (SSSR count). The zero-order chi connectivity index (χ0) is 42.3. The summed E-state index contributed by atoms with van der Waals surface area (Å²) in [5.41, 5.74) is 15.6. The van der Waals surface area contributed by atoms with Crippen LogP contribution >= 0.6 is 0 Å². The molecule has 64 heavy (non-hydrogen) atoms. The first-order chi connectivity index (χ1) is 31.5. The molecule has 0 aliphatic carbocycles. The summed E-state index contributed by atoms with van der Waals surface area (Å²) < 4.78 is 9.67. The van der Waals surface area contributed by atoms with E-state index in [0.29, 0.717) is 0 Å². The van der Waals surface area contributed by atoms with Crippen LogP contribution < -0.4 is 4.90 Å². The van der Waals surface area contributed by atoms with Crippen LogP contribution in [0.3, 0.4) is 0 Å². The van der Waals surface area contributed by atoms with Crippen LogP contribution in [0.2, 0.25) is 0 Å². The fourth-order valence-electron chi connectivity index (χ4n) is 11.1. The number of aromatic nitrogens is 5. The molecule has 6 nitrogen and oxygen atoms in total. The lowest BCUT2D eigenvalue weighted by Crippen LogP contribution is -2.43. The summed E-state index contributed by atoms with van der Waals surface area (Å²) in [7, 11) is 0. The lowest BCUT2D eigenvalue weighted by Gasteiger charge is -2.44. The van der Waals surface area contributed by atoms with E-state index in [-0.39, 0.29) is 0 Å². The molecule has 1 aliphatic heterocycles. The van der Waals surface area contributed by atoms with Crippen molar-refractivity contribution in [3.63, 3.8) is 0 Å². The molecule has 0 atom stereocenters. The predicted molar refractivity (Wildman–Crippen MR) is 266 cm³/mol. The molecule has 1 aliphatic rings. The highest BCUT2D eigenvalue weighted by atomic mass is 15.4. The van der Waals surface area contributed by atoms with Crippen LogP contribution in [0.4, 0.5) is 11.6 Å². The van der Waals surface area contributed by atoms with E-state index in [1.54, 1.807) is 0 Å². The molecule has 302 valence electrons. The Morgan fingerprint density at radius 2 is 0.734 bits per heavy atom. The Balaban J connectivity index is 1.05. The summed E-state index contributed by atoms with van der Waals surface area (Å²) in [6, 6.07) is 75.3. The van der Waals surface area contributed by atoms with Gasteiger partial charge in [-0.05, 0) is 117 Å². The van der Waals surface area contributed by atoms with Gasteiger partial charge in [-0.3, -0.25) is 4.57 Å². The minimum Gasteiger partial charge on any atom is -0.309 e. The molecule has 9 aromatic carbocycles. The van der Waals surface area contributed by atoms with Crippen molar-refractivity contribution < 1.29 is 0 Å². The maximum absolute atomic E-state index is 5.27. The molecule has 4 aromatic heterocycles. The van der Waals surface area contributed by atoms with Gasteiger partial charge in [0.25, 0.3) is 0 Å². The third kappa shape index (κ3) is 4.71. The van der Waals surface area contributed by atoms with Gasteiger partial charge in [0.15, 0.2) is 0 Å². The summed E-state index contributed by atoms with van der Waals surface area (Å²) in [5.74, 6) is 0.921. The smallest absolute Gasteiger partial charge is 0.216 e. The SMILES string of the molecule is CC1(C)c2cc(-n3c4ccc(-n5c6ccccc6c6ccccc65)cc4c4cc(-n5c6ccccc6c6ccccc65)ccc43)ccc2-n2c(nc3ccccc32)N1c1ccccc1. The zero-order valence-electron chi connectivity index (χ0n) is 35.3. The number of imidazole rings is 1. The van der Waals surface area contributed by atoms with Crippen LogP contribution in [0.1, 0.15) is 19.4 Å². The standard InChI is InChI=1S/C58H40N6/c1-58(2)47-36-40(30-33-55(47)63-56-27-15-10-22-48(56)59-57(63)64(58)37-16-4-3-5-17-37)62-53-31-28-38(60-49-23-11-6-18-41(49)42-19-7-12-24-50(42)60)34-45(53)46-35-39(29-32-54(46)62)61-51-25-13-8-20-43(51)44-21-9-14-26-52(44)61/h3-36H,1-2H3. The minimum absolute atomic E-state index is 0.448. The monoisotopic (exact) mass is 820 g/mol. The van der Waals surface area contributed by atoms with E-state index in [1.807, 2.05) is 0 Å². The molecule has 0 unspecified atom stereocenters. The molecule has 0 saturated heterocycles. The first-order valence-electron chi connectivity index (χ1n) is 22.1. The normalized spacial score (nSPS) is 13.6. The number of hydrogen-bond donors (Lipinski definition) is 0. The Morgan fingerprint density at radius 1 is 0.328 bits per heavy atom. The molecule has 6 heteroatoms. The van der Waals surface area contributed by atoms with Gasteiger partial charge in [0.1, 0.15) is 0 Å². The van der Waals surface area contributed by atoms with Crippen molar-refractivity contribution in [2.45, 2.75) is 19.4 Å². The second kappa shape index (κ2) is 12.8. The Bertz CT molecular complexity index is 3790. The van der Waals surface area contributed by atoms with Gasteiger partial charge >= 0.3 is 0 Å². The van der Waals surface area contributed by atoms with Gasteiger partial charge in [0.05, 0.1) is 55.4 Å². The number of para-hydroxylation sites is 7. The van der Waals surface area contributed by atoms with Gasteiger partial charge in [-0.25, -0.2) is 4.98 Å². The van der Waals surface area contributed by atoms with Crippen LogP contribution in [0.15, 0.2) is 206 Å². The summed E-state index contributed by atoms with van der Waals surface area (Å²) >= 11 is 0. The molecular weight excluding hydrogens is 781 g/mol. The second-order valence-electron chi connectivity index (χ2n) is 17.6. The molecule has 5 heterocycles. The van der Waals surface area contributed by atoms with Crippen molar-refractivity contribution >= 4 is 88.1 Å². The van der Waals surface area contributed by atoms with E-state index >= 15 is 0 Å². The maximum Gasteiger partial charge on any atom is 0.216 e. The van der Waals surface area contributed by atoms with Crippen LogP contribution in [-0.2, 0) is 5.54 Å². The average molecular weight is 821 g/mol. The van der Waals surface area contributed by atoms with E-state index in [2.05, 4.69) is 243 Å². The fourth-order valence-corrected chi connectivity index (χ4v) is 11.1. The number of rotatable bonds is 4. The van der Waals surface area contributed by atoms with E-state index < -0.39 is 5.54 Å². The molecular formula is C58H40N6. The summed E-state index contributed by atoms with van der Waals surface area (Å²) in [4.78, 5) is 7.68. The molecule has 0 amide bonds. The highest BCUT2D eigenvalue weighted by Crippen LogP contribution is 2.49. The molecule has 0 radical (unpaired) electrons. The van der Waals surface area contributed by atoms with E-state index in [1.165, 1.54) is 59.9 Å². The quantitative estimate of drug-likeness (QED) is 0.177. The van der Waals surface area contributed by atoms with Crippen molar-refractivity contribution in [2.75, 3.05) is 4.90 Å². The largest absolute Gasteiger partial charge is 0.309 e. The fraction of sp³-hybridized carbons (Fsp3) is 0.0517. The number of anilines is 2. The zero-order valence-corrected chi connectivity index (χ0v) is 35.3. The molecule has 13 aromatic rings. The first-order valence-corrected chi connectivity index (χ1v) is 22.1. The van der Waals surface area contributed by atoms with Crippen LogP contribution in [0, 0.1) is 0 Å². The van der Waals surface area contributed by atoms with Gasteiger partial charge in [-0.15, -0.1) is 0 Å². The summed E-state index contributed by atoms with van der Waals surface area (Å²) in [6.45, 7) is 4.65. The van der Waals surface area contributed by atoms with Gasteiger partial charge in [0, 0.05) is 60.6 Å². The van der Waals surface area contributed by atoms with Crippen LogP contribution in [0.5, 0.6) is 0 Å². The second-order valence-corrected chi connectivity index (χ2v) is 17.6. The molecule has 0 fully saturated rings. The van der Waals surface area contributed by atoms with Crippen LogP contribution in [-0.4, -0.2) is 23.3 Å². The van der Waals surface area contributed by atoms with Crippen molar-refractivity contribution in [1.82, 2.24) is 23.3 Å². The average Bonchev–Trinajstić information content (AvgIpc) is 4.08. The minimum atomic E-state index is -0.448. The number of benzene rings is 9. The number of nitrogens with zero attached hydrogens (tertiary/aromatic N) is 6. The van der Waals surface area contributed by atoms with Crippen molar-refractivity contribution in [3.8, 4) is 22.7 Å². The van der Waals surface area contributed by atoms with Crippen LogP contribution in [0.25, 0.3) is 99.2 Å². The Labute approximate surface area is 368 Å². The van der Waals surface area contributed by atoms with E-state index in [9.17, 15) is 0 Å². The van der Waals surface area contributed by atoms with Crippen molar-refractivity contribution in [3.05, 3.63) is 212 Å². The van der Waals surface area contributed by atoms with Gasteiger partial charge in [0.2, 0.25) is 5.95 Å².